The molecule has 0 radical (unpaired) electrons. The maximum atomic E-state index is 12.4. The Morgan fingerprint density at radius 2 is 1.93 bits per heavy atom. The second-order valence-corrected chi connectivity index (χ2v) is 7.03. The van der Waals surface area contributed by atoms with Crippen molar-refractivity contribution in [2.75, 3.05) is 36.3 Å². The lowest BCUT2D eigenvalue weighted by Crippen LogP contribution is -2.51. The zero-order valence-corrected chi connectivity index (χ0v) is 17.2. The minimum Gasteiger partial charge on any atom is -0.394 e. The topological polar surface area (TPSA) is 149 Å². The average Bonchev–Trinajstić information content (AvgIpc) is 2.73. The van der Waals surface area contributed by atoms with Crippen LogP contribution in [0.1, 0.15) is 17.3 Å². The molecule has 1 aromatic carbocycles. The summed E-state index contributed by atoms with van der Waals surface area (Å²) in [6.07, 6.45) is 1.51. The Kier molecular flexibility index (Phi) is 8.48. The molecule has 11 heteroatoms. The van der Waals surface area contributed by atoms with Crippen LogP contribution in [0, 0.1) is 0 Å². The summed E-state index contributed by atoms with van der Waals surface area (Å²) >= 11 is 5.51. The molecule has 1 heterocycles. The van der Waals surface area contributed by atoms with Gasteiger partial charge >= 0.3 is 5.69 Å². The van der Waals surface area contributed by atoms with E-state index in [1.807, 2.05) is 0 Å². The number of carbonyl (C=O) groups is 2. The van der Waals surface area contributed by atoms with Gasteiger partial charge in [0.05, 0.1) is 26.4 Å². The van der Waals surface area contributed by atoms with Gasteiger partial charge in [-0.3, -0.25) is 14.2 Å². The summed E-state index contributed by atoms with van der Waals surface area (Å²) < 4.78 is 6.58. The fourth-order valence-corrected chi connectivity index (χ4v) is 2.34. The minimum absolute atomic E-state index is 0.113. The van der Waals surface area contributed by atoms with Crippen LogP contribution in [0.2, 0.25) is 0 Å². The Balaban J connectivity index is 1.97. The molecular weight excluding hydrogens is 414 g/mol. The van der Waals surface area contributed by atoms with Crippen molar-refractivity contribution in [3.05, 3.63) is 52.6 Å². The molecule has 1 atom stereocenters. The molecule has 0 unspecified atom stereocenters. The molecule has 0 aliphatic heterocycles. The van der Waals surface area contributed by atoms with Gasteiger partial charge in [0.1, 0.15) is 11.4 Å². The third kappa shape index (κ3) is 6.63. The van der Waals surface area contributed by atoms with Gasteiger partial charge in [-0.2, -0.15) is 4.98 Å². The van der Waals surface area contributed by atoms with Crippen LogP contribution in [0.4, 0.5) is 11.5 Å². The first kappa shape index (κ1) is 23.5. The van der Waals surface area contributed by atoms with Gasteiger partial charge in [0.15, 0.2) is 0 Å². The van der Waals surface area contributed by atoms with E-state index in [-0.39, 0.29) is 5.82 Å². The molecule has 0 spiro atoms. The van der Waals surface area contributed by atoms with Crippen molar-refractivity contribution in [2.45, 2.75) is 19.0 Å². The Morgan fingerprint density at radius 1 is 1.23 bits per heavy atom. The molecule has 1 aromatic heterocycles. The van der Waals surface area contributed by atoms with E-state index in [9.17, 15) is 14.4 Å². The van der Waals surface area contributed by atoms with E-state index in [4.69, 9.17) is 27.2 Å². The number of hydrogen-bond donors (Lipinski definition) is 4. The number of alkyl halides is 1. The number of amides is 2. The second-order valence-electron chi connectivity index (χ2n) is 6.65. The van der Waals surface area contributed by atoms with Crippen molar-refractivity contribution in [1.82, 2.24) is 9.55 Å². The summed E-state index contributed by atoms with van der Waals surface area (Å²) in [4.78, 5) is 40.2. The molecule has 0 aliphatic rings. The summed E-state index contributed by atoms with van der Waals surface area (Å²) in [5, 5.41) is 14.2. The van der Waals surface area contributed by atoms with Gasteiger partial charge in [-0.05, 0) is 37.3 Å². The standard InChI is InChI=1S/C19H24ClN5O5/c1-19(21,12-26)17(28)22-14-4-2-13(3-5-14)16(27)23-15-6-8-25(18(29)24-15)9-11-30-10-7-20/h2-6,8,26H,7,9-12,21H2,1H3,(H,22,28)(H,23,24,27,29)/t19-/m0/s1. The molecule has 30 heavy (non-hydrogen) atoms. The summed E-state index contributed by atoms with van der Waals surface area (Å²) in [7, 11) is 0. The number of aliphatic hydroxyl groups excluding tert-OH is 1. The molecule has 2 amide bonds. The van der Waals surface area contributed by atoms with E-state index in [1.54, 1.807) is 0 Å². The molecule has 162 valence electrons. The monoisotopic (exact) mass is 437 g/mol. The third-order valence-corrected chi connectivity index (χ3v) is 4.22. The molecule has 0 saturated carbocycles. The quantitative estimate of drug-likeness (QED) is 0.310. The van der Waals surface area contributed by atoms with E-state index in [2.05, 4.69) is 15.6 Å². The van der Waals surface area contributed by atoms with E-state index < -0.39 is 29.6 Å². The summed E-state index contributed by atoms with van der Waals surface area (Å²) in [5.74, 6) is -0.537. The highest BCUT2D eigenvalue weighted by atomic mass is 35.5. The number of benzene rings is 1. The van der Waals surface area contributed by atoms with Crippen LogP contribution in [0.5, 0.6) is 0 Å². The van der Waals surface area contributed by atoms with Crippen LogP contribution in [-0.2, 0) is 16.1 Å². The van der Waals surface area contributed by atoms with Crippen molar-refractivity contribution in [2.24, 2.45) is 5.73 Å². The number of carbonyl (C=O) groups excluding carboxylic acids is 2. The average molecular weight is 438 g/mol. The Morgan fingerprint density at radius 3 is 2.53 bits per heavy atom. The van der Waals surface area contributed by atoms with Crippen molar-refractivity contribution >= 4 is 34.9 Å². The third-order valence-electron chi connectivity index (χ3n) is 4.07. The zero-order chi connectivity index (χ0) is 22.1. The van der Waals surface area contributed by atoms with Gasteiger partial charge in [-0.25, -0.2) is 4.79 Å². The maximum absolute atomic E-state index is 12.4. The molecular formula is C19H24ClN5O5. The van der Waals surface area contributed by atoms with Crippen LogP contribution in [0.25, 0.3) is 0 Å². The number of nitrogens with zero attached hydrogens (tertiary/aromatic N) is 2. The molecule has 2 rings (SSSR count). The zero-order valence-electron chi connectivity index (χ0n) is 16.4. The summed E-state index contributed by atoms with van der Waals surface area (Å²) in [6, 6.07) is 7.53. The SMILES string of the molecule is C[C@](N)(CO)C(=O)Nc1ccc(C(=O)Nc2ccn(CCOCCCl)c(=O)n2)cc1. The highest BCUT2D eigenvalue weighted by molar-refractivity contribution is 6.17. The lowest BCUT2D eigenvalue weighted by Gasteiger charge is -2.20. The summed E-state index contributed by atoms with van der Waals surface area (Å²) in [5.41, 5.74) is 4.44. The van der Waals surface area contributed by atoms with Crippen LogP contribution < -0.4 is 22.1 Å². The van der Waals surface area contributed by atoms with E-state index in [1.165, 1.54) is 48.0 Å². The van der Waals surface area contributed by atoms with Crippen molar-refractivity contribution in [3.63, 3.8) is 0 Å². The number of aromatic nitrogens is 2. The number of aliphatic hydroxyl groups is 1. The number of rotatable bonds is 10. The number of nitrogens with one attached hydrogen (secondary N) is 2. The first-order chi connectivity index (χ1) is 14.3. The number of anilines is 2. The van der Waals surface area contributed by atoms with Gasteiger partial charge in [-0.15, -0.1) is 11.6 Å². The van der Waals surface area contributed by atoms with Crippen molar-refractivity contribution < 1.29 is 19.4 Å². The summed E-state index contributed by atoms with van der Waals surface area (Å²) in [6.45, 7) is 1.93. The van der Waals surface area contributed by atoms with Gasteiger partial charge in [0, 0.05) is 23.3 Å². The Bertz CT molecular complexity index is 930. The van der Waals surface area contributed by atoms with E-state index in [0.717, 1.165) is 0 Å². The largest absolute Gasteiger partial charge is 0.394 e. The van der Waals surface area contributed by atoms with Crippen molar-refractivity contribution in [1.29, 1.82) is 0 Å². The predicted octanol–water partition coefficient (Wildman–Crippen LogP) is 0.399. The van der Waals surface area contributed by atoms with Gasteiger partial charge in [-0.1, -0.05) is 0 Å². The first-order valence-corrected chi connectivity index (χ1v) is 9.64. The van der Waals surface area contributed by atoms with E-state index >= 15 is 0 Å². The fraction of sp³-hybridized carbons (Fsp3) is 0.368. The lowest BCUT2D eigenvalue weighted by molar-refractivity contribution is -0.121. The number of nitrogens with two attached hydrogens (primary N) is 1. The number of ether oxygens (including phenoxy) is 1. The van der Waals surface area contributed by atoms with Gasteiger partial charge < -0.3 is 26.2 Å². The van der Waals surface area contributed by atoms with Crippen LogP contribution in [-0.4, -0.2) is 57.7 Å². The maximum Gasteiger partial charge on any atom is 0.349 e. The second kappa shape index (κ2) is 10.8. The normalized spacial score (nSPS) is 12.8. The Hall–Kier alpha value is -2.79. The van der Waals surface area contributed by atoms with Gasteiger partial charge in [0.2, 0.25) is 5.91 Å². The van der Waals surface area contributed by atoms with Gasteiger partial charge in [0.25, 0.3) is 5.91 Å². The van der Waals surface area contributed by atoms with E-state index in [0.29, 0.717) is 36.9 Å². The molecule has 10 nitrogen and oxygen atoms in total. The predicted molar refractivity (Wildman–Crippen MR) is 113 cm³/mol. The Labute approximate surface area is 178 Å². The molecule has 5 N–H and O–H groups in total. The van der Waals surface area contributed by atoms with Crippen LogP contribution in [0.15, 0.2) is 41.3 Å². The highest BCUT2D eigenvalue weighted by Gasteiger charge is 2.27. The number of halogens is 1. The van der Waals surface area contributed by atoms with Crippen molar-refractivity contribution in [3.8, 4) is 0 Å². The fourth-order valence-electron chi connectivity index (χ4n) is 2.23. The molecule has 0 saturated heterocycles. The smallest absolute Gasteiger partial charge is 0.349 e. The first-order valence-electron chi connectivity index (χ1n) is 9.10. The molecule has 0 fully saturated rings. The highest BCUT2D eigenvalue weighted by Crippen LogP contribution is 2.13. The molecule has 0 bridgehead atoms. The van der Waals surface area contributed by atoms with Crippen LogP contribution >= 0.6 is 11.6 Å². The van der Waals surface area contributed by atoms with Crippen LogP contribution in [0.3, 0.4) is 0 Å². The molecule has 2 aromatic rings. The minimum atomic E-state index is -1.42. The number of hydrogen-bond acceptors (Lipinski definition) is 7. The lowest BCUT2D eigenvalue weighted by atomic mass is 10.0. The molecule has 0 aliphatic carbocycles.